The summed E-state index contributed by atoms with van der Waals surface area (Å²) in [6.45, 7) is 22.5. The van der Waals surface area contributed by atoms with E-state index in [4.69, 9.17) is 28.4 Å². The molecule has 0 radical (unpaired) electrons. The second-order valence-corrected chi connectivity index (χ2v) is 21.8. The first kappa shape index (κ1) is 54.1. The number of esters is 4. The molecule has 0 aromatic heterocycles. The van der Waals surface area contributed by atoms with Gasteiger partial charge >= 0.3 is 23.9 Å². The van der Waals surface area contributed by atoms with Crippen LogP contribution in [-0.4, -0.2) is 101 Å². The monoisotopic (exact) mass is 1090 g/mol. The standard InChI is InChI=1S/C62H66N4O10S2/c1-9-63(10-2)39-25-27-47-53(33-39)73-55-37-51(65(13-5)14-6)43(35-49(55)61(47)45-23-19-17-21-41(45)59(69)75-61)57(67)71-29-31-77-78-32-30-72-58(68)44-36-50-56(38-52(44)66(15-7)16-8)74-54-34-40(64(11-3)12-4)26-28-48(54)62(50)46-24-20-18-22-42(46)60(70)76-62/h17-28,33-38H,9-16,29-32H2,1-8H3. The van der Waals surface area contributed by atoms with Crippen molar-refractivity contribution in [3.8, 4) is 23.0 Å². The first-order valence-electron chi connectivity index (χ1n) is 27.2. The van der Waals surface area contributed by atoms with Crippen LogP contribution >= 0.6 is 21.6 Å². The highest BCUT2D eigenvalue weighted by Gasteiger charge is 2.56. The van der Waals surface area contributed by atoms with E-state index in [2.05, 4.69) is 47.3 Å². The molecule has 6 aromatic rings. The van der Waals surface area contributed by atoms with Gasteiger partial charge < -0.3 is 48.0 Å². The predicted octanol–water partition coefficient (Wildman–Crippen LogP) is 12.6. The van der Waals surface area contributed by atoms with Crippen molar-refractivity contribution in [3.63, 3.8) is 0 Å². The van der Waals surface area contributed by atoms with Gasteiger partial charge in [0, 0.05) is 133 Å². The van der Waals surface area contributed by atoms with Crippen LogP contribution in [0.1, 0.15) is 130 Å². The molecule has 0 aliphatic carbocycles. The minimum Gasteiger partial charge on any atom is -0.461 e. The topological polar surface area (TPSA) is 137 Å². The Balaban J connectivity index is 0.848. The second-order valence-electron chi connectivity index (χ2n) is 19.1. The molecule has 0 amide bonds. The Morgan fingerprint density at radius 1 is 0.436 bits per heavy atom. The van der Waals surface area contributed by atoms with Crippen LogP contribution in [-0.2, 0) is 30.1 Å². The highest BCUT2D eigenvalue weighted by molar-refractivity contribution is 8.76. The maximum atomic E-state index is 14.4. The third-order valence-electron chi connectivity index (χ3n) is 15.4. The zero-order valence-corrected chi connectivity index (χ0v) is 47.2. The molecule has 406 valence electrons. The Hall–Kier alpha value is -7.30. The lowest BCUT2D eigenvalue weighted by Crippen LogP contribution is -2.34. The second kappa shape index (κ2) is 22.6. The summed E-state index contributed by atoms with van der Waals surface area (Å²) < 4.78 is 38.5. The molecular weight excluding hydrogens is 1020 g/mol. The van der Waals surface area contributed by atoms with Gasteiger partial charge in [0.15, 0.2) is 11.2 Å². The molecule has 2 atom stereocenters. The van der Waals surface area contributed by atoms with Crippen molar-refractivity contribution in [2.45, 2.75) is 66.6 Å². The van der Waals surface area contributed by atoms with E-state index in [1.807, 2.05) is 113 Å². The lowest BCUT2D eigenvalue weighted by molar-refractivity contribution is 0.0213. The number of carbonyl (C=O) groups is 4. The summed E-state index contributed by atoms with van der Waals surface area (Å²) in [5.74, 6) is 1.13. The Labute approximate surface area is 464 Å². The van der Waals surface area contributed by atoms with Crippen LogP contribution in [0.3, 0.4) is 0 Å². The third-order valence-corrected chi connectivity index (χ3v) is 17.7. The van der Waals surface area contributed by atoms with E-state index in [1.54, 1.807) is 24.3 Å². The average Bonchev–Trinajstić information content (AvgIpc) is 3.50. The van der Waals surface area contributed by atoms with Gasteiger partial charge in [0.1, 0.15) is 36.2 Å². The SMILES string of the molecule is CCN(CC)c1ccc2c(c1)Oc1cc(N(CC)CC)c(C(=O)OCCSSCCOC(=O)c3cc4c(cc3N(CC)CC)Oc3cc(N(CC)CC)ccc3C43OC(=O)c4ccccc43)cc1C21OC(=O)c2ccccc21. The molecule has 2 spiro atoms. The van der Waals surface area contributed by atoms with E-state index in [1.165, 1.54) is 21.6 Å². The van der Waals surface area contributed by atoms with E-state index < -0.39 is 35.1 Å². The summed E-state index contributed by atoms with van der Waals surface area (Å²) in [7, 11) is 3.01. The van der Waals surface area contributed by atoms with Gasteiger partial charge in [-0.2, -0.15) is 0 Å². The maximum absolute atomic E-state index is 14.4. The molecule has 0 fully saturated rings. The van der Waals surface area contributed by atoms with E-state index in [9.17, 15) is 19.2 Å². The Kier molecular flexibility index (Phi) is 15.7. The number of anilines is 4. The molecular formula is C62H66N4O10S2. The lowest BCUT2D eigenvalue weighted by atomic mass is 9.77. The van der Waals surface area contributed by atoms with Gasteiger partial charge in [0.05, 0.1) is 33.6 Å². The van der Waals surface area contributed by atoms with Gasteiger partial charge in [0.2, 0.25) is 0 Å². The number of benzene rings is 6. The fourth-order valence-corrected chi connectivity index (χ4v) is 13.2. The summed E-state index contributed by atoms with van der Waals surface area (Å²) in [6.07, 6.45) is 0. The number of fused-ring (bicyclic) bond motifs is 12. The van der Waals surface area contributed by atoms with Gasteiger partial charge in [-0.05, 0) is 104 Å². The van der Waals surface area contributed by atoms with Crippen LogP contribution in [0.15, 0.2) is 109 Å². The van der Waals surface area contributed by atoms with Crippen molar-refractivity contribution in [2.24, 2.45) is 0 Å². The van der Waals surface area contributed by atoms with Crippen LogP contribution < -0.4 is 29.1 Å². The number of carbonyl (C=O) groups excluding carboxylic acids is 4. The largest absolute Gasteiger partial charge is 0.461 e. The molecule has 4 aliphatic heterocycles. The molecule has 16 heteroatoms. The minimum absolute atomic E-state index is 0.112. The van der Waals surface area contributed by atoms with E-state index in [0.29, 0.717) is 128 Å². The first-order valence-corrected chi connectivity index (χ1v) is 29.7. The molecule has 6 aromatic carbocycles. The smallest absolute Gasteiger partial charge is 0.340 e. The summed E-state index contributed by atoms with van der Waals surface area (Å²) in [5, 5.41) is 0. The predicted molar refractivity (Wildman–Crippen MR) is 309 cm³/mol. The van der Waals surface area contributed by atoms with Gasteiger partial charge in [-0.25, -0.2) is 19.2 Å². The number of rotatable bonds is 21. The van der Waals surface area contributed by atoms with E-state index in [0.717, 1.165) is 37.6 Å². The van der Waals surface area contributed by atoms with Crippen molar-refractivity contribution >= 4 is 68.2 Å². The zero-order valence-electron chi connectivity index (χ0n) is 45.6. The summed E-state index contributed by atoms with van der Waals surface area (Å²) in [4.78, 5) is 64.8. The van der Waals surface area contributed by atoms with Crippen molar-refractivity contribution in [1.82, 2.24) is 0 Å². The van der Waals surface area contributed by atoms with Crippen LogP contribution in [0.4, 0.5) is 22.7 Å². The third kappa shape index (κ3) is 9.13. The van der Waals surface area contributed by atoms with Crippen LogP contribution in [0.2, 0.25) is 0 Å². The van der Waals surface area contributed by atoms with Gasteiger partial charge in [-0.1, -0.05) is 58.0 Å². The molecule has 0 saturated heterocycles. The average molecular weight is 1090 g/mol. The zero-order chi connectivity index (χ0) is 54.9. The van der Waals surface area contributed by atoms with Crippen LogP contribution in [0.25, 0.3) is 0 Å². The maximum Gasteiger partial charge on any atom is 0.340 e. The molecule has 78 heavy (non-hydrogen) atoms. The van der Waals surface area contributed by atoms with E-state index in [-0.39, 0.29) is 13.2 Å². The normalized spacial score (nSPS) is 16.8. The minimum atomic E-state index is -1.37. The molecule has 0 bridgehead atoms. The summed E-state index contributed by atoms with van der Waals surface area (Å²) in [6, 6.07) is 34.0. The lowest BCUT2D eigenvalue weighted by Gasteiger charge is -2.38. The molecule has 0 N–H and O–H groups in total. The highest BCUT2D eigenvalue weighted by Crippen LogP contribution is 2.59. The van der Waals surface area contributed by atoms with Crippen molar-refractivity contribution < 1.29 is 47.6 Å². The van der Waals surface area contributed by atoms with Gasteiger partial charge in [0.25, 0.3) is 0 Å². The summed E-state index contributed by atoms with van der Waals surface area (Å²) in [5.41, 5.74) is 5.91. The van der Waals surface area contributed by atoms with Crippen molar-refractivity contribution in [2.75, 3.05) is 96.7 Å². The quantitative estimate of drug-likeness (QED) is 0.0292. The highest BCUT2D eigenvalue weighted by atomic mass is 33.1. The fraction of sp³-hybridized carbons (Fsp3) is 0.355. The number of ether oxygens (including phenoxy) is 6. The van der Waals surface area contributed by atoms with Gasteiger partial charge in [-0.15, -0.1) is 0 Å². The van der Waals surface area contributed by atoms with Crippen LogP contribution in [0, 0.1) is 0 Å². The van der Waals surface area contributed by atoms with E-state index >= 15 is 0 Å². The molecule has 4 aliphatic rings. The molecule has 10 rings (SSSR count). The number of hydrogen-bond donors (Lipinski definition) is 0. The Morgan fingerprint density at radius 2 is 0.795 bits per heavy atom. The number of nitrogens with zero attached hydrogens (tertiary/aromatic N) is 4. The molecule has 14 nitrogen and oxygen atoms in total. The van der Waals surface area contributed by atoms with Crippen LogP contribution in [0.5, 0.6) is 23.0 Å². The molecule has 4 heterocycles. The molecule has 2 unspecified atom stereocenters. The summed E-state index contributed by atoms with van der Waals surface area (Å²) >= 11 is 0. The Morgan fingerprint density at radius 3 is 1.17 bits per heavy atom. The first-order chi connectivity index (χ1) is 37.9. The van der Waals surface area contributed by atoms with Crippen molar-refractivity contribution in [1.29, 1.82) is 0 Å². The number of hydrogen-bond acceptors (Lipinski definition) is 16. The van der Waals surface area contributed by atoms with Gasteiger partial charge in [-0.3, -0.25) is 0 Å². The Bertz CT molecular complexity index is 3080. The van der Waals surface area contributed by atoms with Crippen molar-refractivity contribution in [3.05, 3.63) is 165 Å². The molecule has 0 saturated carbocycles. The fourth-order valence-electron chi connectivity index (χ4n) is 11.6.